The summed E-state index contributed by atoms with van der Waals surface area (Å²) < 4.78 is 33.0. The Morgan fingerprint density at radius 1 is 1.23 bits per heavy atom. The van der Waals surface area contributed by atoms with Crippen LogP contribution in [0.15, 0.2) is 50.0 Å². The van der Waals surface area contributed by atoms with E-state index in [-0.39, 0.29) is 18.1 Å². The summed E-state index contributed by atoms with van der Waals surface area (Å²) >= 11 is 4.15. The second-order valence-electron chi connectivity index (χ2n) is 9.28. The molecule has 5 rings (SSSR count). The molecule has 19 nitrogen and oxygen atoms in total. The maximum Gasteiger partial charge on any atom is 0.478 e. The number of oxime groups is 1. The summed E-state index contributed by atoms with van der Waals surface area (Å²) in [6.45, 7) is 1.58. The summed E-state index contributed by atoms with van der Waals surface area (Å²) in [7, 11) is -8.54. The number of thiazole rings is 1. The number of phosphoric acid groups is 1. The van der Waals surface area contributed by atoms with E-state index in [9.17, 15) is 33.5 Å². The Hall–Kier alpha value is -3.24. The summed E-state index contributed by atoms with van der Waals surface area (Å²) in [5.41, 5.74) is 0.859. The third kappa shape index (κ3) is 8.26. The maximum atomic E-state index is 13.2. The third-order valence-corrected chi connectivity index (χ3v) is 12.5. The fraction of sp³-hybridized carbons (Fsp3) is 0.273. The van der Waals surface area contributed by atoms with Gasteiger partial charge >= 0.3 is 21.5 Å². The molecule has 250 valence electrons. The number of aliphatic carboxylic acids is 1. The average molecular weight is 766 g/mol. The largest absolute Gasteiger partial charge is 0.478 e. The highest BCUT2D eigenvalue weighted by Gasteiger charge is 2.54. The lowest BCUT2D eigenvalue weighted by atomic mass is 10.0. The molecule has 1 saturated heterocycles. The molecule has 1 unspecified atom stereocenters. The second kappa shape index (κ2) is 14.1. The second-order valence-corrected chi connectivity index (χ2v) is 16.2. The smallest absolute Gasteiger partial charge is 0.477 e. The number of carbonyl (C=O) groups is 3. The van der Waals surface area contributed by atoms with Crippen molar-refractivity contribution in [3.05, 3.63) is 46.3 Å². The molecule has 2 amide bonds. The normalized spacial score (nSPS) is 19.5. The number of β-lactam (4-membered cyclic amide) rings is 1. The van der Waals surface area contributed by atoms with Crippen LogP contribution in [0, 0.1) is 0 Å². The number of carboxylic acid groups (broad SMARTS) is 1. The standard InChI is InChI=1S/C22H22N8O11P2S4/c1-3-40-26-13(16-25-21(47-28-16)27-42(35,36)41-43(37,38)39)17(31)24-14-18(32)30-15(20(33)34)12(9-44-19(14)30)46-22-23-11(8-45-22)10-4-6-29(2)7-5-10/h4-8,14,19H,3,9H2,1-2H3,(H5-,24,25,27,28,31,33,34,35,36,37,38,39)/p+1/b26-13-/t14-,19-/m1/s1. The Bertz CT molecular complexity index is 1880. The number of pyridine rings is 1. The fourth-order valence-corrected chi connectivity index (χ4v) is 10.1. The first-order valence-corrected chi connectivity index (χ1v) is 19.5. The quantitative estimate of drug-likeness (QED) is 0.0471. The first-order valence-electron chi connectivity index (χ1n) is 12.9. The third-order valence-electron chi connectivity index (χ3n) is 5.98. The van der Waals surface area contributed by atoms with Crippen LogP contribution < -0.4 is 15.0 Å². The molecule has 0 spiro atoms. The van der Waals surface area contributed by atoms with Gasteiger partial charge in [0.1, 0.15) is 30.8 Å². The van der Waals surface area contributed by atoms with E-state index in [1.54, 1.807) is 12.0 Å². The van der Waals surface area contributed by atoms with Gasteiger partial charge in [-0.25, -0.2) is 23.5 Å². The Morgan fingerprint density at radius 3 is 2.62 bits per heavy atom. The van der Waals surface area contributed by atoms with E-state index in [0.29, 0.717) is 20.8 Å². The molecule has 3 atom stereocenters. The number of rotatable bonds is 13. The molecule has 3 aromatic rings. The lowest BCUT2D eigenvalue weighted by Gasteiger charge is -2.49. The van der Waals surface area contributed by atoms with Crippen molar-refractivity contribution < 1.29 is 57.0 Å². The van der Waals surface area contributed by atoms with E-state index >= 15 is 0 Å². The first-order chi connectivity index (χ1) is 22.2. The van der Waals surface area contributed by atoms with Gasteiger partial charge in [-0.2, -0.15) is 13.7 Å². The number of nitrogens with one attached hydrogen (secondary N) is 2. The maximum absolute atomic E-state index is 13.2. The number of nitrogens with zero attached hydrogens (tertiary/aromatic N) is 6. The number of fused-ring (bicyclic) bond motifs is 1. The molecule has 0 saturated carbocycles. The Kier molecular flexibility index (Phi) is 10.5. The number of amides is 2. The molecule has 25 heteroatoms. The molecular weight excluding hydrogens is 743 g/mol. The van der Waals surface area contributed by atoms with Crippen molar-refractivity contribution in [2.45, 2.75) is 22.7 Å². The van der Waals surface area contributed by atoms with Crippen molar-refractivity contribution in [1.82, 2.24) is 24.6 Å². The lowest BCUT2D eigenvalue weighted by Crippen LogP contribution is -2.71. The van der Waals surface area contributed by atoms with E-state index in [1.807, 2.05) is 41.5 Å². The van der Waals surface area contributed by atoms with Gasteiger partial charge < -0.3 is 29.9 Å². The van der Waals surface area contributed by atoms with Crippen molar-refractivity contribution in [3.8, 4) is 11.3 Å². The average Bonchev–Trinajstić information content (AvgIpc) is 3.64. The zero-order valence-electron chi connectivity index (χ0n) is 23.8. The number of hydrogen-bond donors (Lipinski definition) is 6. The highest BCUT2D eigenvalue weighted by Crippen LogP contribution is 2.56. The van der Waals surface area contributed by atoms with Crippen molar-refractivity contribution in [3.63, 3.8) is 0 Å². The van der Waals surface area contributed by atoms with Gasteiger partial charge in [-0.3, -0.25) is 19.6 Å². The van der Waals surface area contributed by atoms with Crippen LogP contribution in [0.25, 0.3) is 11.3 Å². The number of carboxylic acids is 1. The highest BCUT2D eigenvalue weighted by molar-refractivity contribution is 8.07. The molecule has 5 heterocycles. The minimum Gasteiger partial charge on any atom is -0.477 e. The minimum absolute atomic E-state index is 0.0144. The number of hydrogen-bond acceptors (Lipinski definition) is 15. The molecule has 2 aliphatic rings. The molecule has 1 fully saturated rings. The van der Waals surface area contributed by atoms with Crippen molar-refractivity contribution in [2.24, 2.45) is 12.2 Å². The molecule has 0 bridgehead atoms. The SMILES string of the molecule is CCO/N=C(\C(=O)N[C@@H]1C(=O)N2C(C(=O)O)=C(Sc3nc(-c4cc[n+](C)cc4)cs3)CS[C@H]12)c1nsc(NP(=O)(O)OP(=O)(O)O)n1. The van der Waals surface area contributed by atoms with Gasteiger partial charge in [0, 0.05) is 45.3 Å². The number of carbonyl (C=O) groups excluding carboxylic acids is 2. The molecule has 0 aromatic carbocycles. The van der Waals surface area contributed by atoms with Gasteiger partial charge in [0.25, 0.3) is 11.8 Å². The van der Waals surface area contributed by atoms with Crippen molar-refractivity contribution >= 4 is 90.6 Å². The molecule has 0 radical (unpaired) electrons. The van der Waals surface area contributed by atoms with Gasteiger partial charge in [-0.15, -0.1) is 23.1 Å². The summed E-state index contributed by atoms with van der Waals surface area (Å²) in [6.07, 6.45) is 3.76. The molecule has 3 aromatic heterocycles. The monoisotopic (exact) mass is 765 g/mol. The van der Waals surface area contributed by atoms with Crippen LogP contribution in [0.2, 0.25) is 0 Å². The first kappa shape index (κ1) is 35.1. The predicted octanol–water partition coefficient (Wildman–Crippen LogP) is 1.34. The van der Waals surface area contributed by atoms with E-state index in [4.69, 9.17) is 14.6 Å². The van der Waals surface area contributed by atoms with E-state index in [1.165, 1.54) is 23.1 Å². The topological polar surface area (TPSA) is 267 Å². The number of anilines is 1. The van der Waals surface area contributed by atoms with Crippen LogP contribution in [0.5, 0.6) is 0 Å². The summed E-state index contributed by atoms with van der Waals surface area (Å²) in [5.74, 6) is -3.20. The van der Waals surface area contributed by atoms with E-state index in [2.05, 4.69) is 29.1 Å². The number of aryl methyl sites for hydroxylation is 1. The van der Waals surface area contributed by atoms with Gasteiger partial charge in [-0.1, -0.05) is 16.9 Å². The van der Waals surface area contributed by atoms with Gasteiger partial charge in [0.15, 0.2) is 16.7 Å². The zero-order chi connectivity index (χ0) is 34.1. The summed E-state index contributed by atoms with van der Waals surface area (Å²) in [5, 5.41) is 18.6. The van der Waals surface area contributed by atoms with Crippen LogP contribution in [-0.2, 0) is 39.7 Å². The van der Waals surface area contributed by atoms with E-state index < -0.39 is 61.4 Å². The van der Waals surface area contributed by atoms with Crippen LogP contribution in [0.1, 0.15) is 12.7 Å². The van der Waals surface area contributed by atoms with E-state index in [0.717, 1.165) is 27.9 Å². The Morgan fingerprint density at radius 2 is 1.96 bits per heavy atom. The predicted molar refractivity (Wildman–Crippen MR) is 169 cm³/mol. The fourth-order valence-electron chi connectivity index (χ4n) is 4.06. The zero-order valence-corrected chi connectivity index (χ0v) is 28.9. The van der Waals surface area contributed by atoms with Crippen LogP contribution in [0.4, 0.5) is 5.13 Å². The minimum atomic E-state index is -5.35. The summed E-state index contributed by atoms with van der Waals surface area (Å²) in [6, 6.07) is 2.66. The van der Waals surface area contributed by atoms with Gasteiger partial charge in [0.05, 0.1) is 5.69 Å². The molecular formula is C22H23N8O11P2S4+. The van der Waals surface area contributed by atoms with Crippen LogP contribution in [-0.4, -0.2) is 86.3 Å². The highest BCUT2D eigenvalue weighted by atomic mass is 32.2. The number of aromatic nitrogens is 4. The molecule has 2 aliphatic heterocycles. The lowest BCUT2D eigenvalue weighted by molar-refractivity contribution is -0.671. The molecule has 47 heavy (non-hydrogen) atoms. The molecule has 0 aliphatic carbocycles. The van der Waals surface area contributed by atoms with Gasteiger partial charge in [-0.05, 0) is 6.92 Å². The van der Waals surface area contributed by atoms with Crippen molar-refractivity contribution in [1.29, 1.82) is 0 Å². The van der Waals surface area contributed by atoms with Crippen LogP contribution in [0.3, 0.4) is 0 Å². The molecule has 6 N–H and O–H groups in total. The van der Waals surface area contributed by atoms with Gasteiger partial charge in [0.2, 0.25) is 16.7 Å². The van der Waals surface area contributed by atoms with Crippen LogP contribution >= 0.6 is 62.0 Å². The van der Waals surface area contributed by atoms with Crippen molar-refractivity contribution in [2.75, 3.05) is 17.4 Å². The Balaban J connectivity index is 1.30. The number of thioether (sulfide) groups is 2. The Labute approximate surface area is 281 Å². The summed E-state index contributed by atoms with van der Waals surface area (Å²) in [4.78, 5) is 81.0.